The summed E-state index contributed by atoms with van der Waals surface area (Å²) in [7, 11) is 0. The van der Waals surface area contributed by atoms with Crippen molar-refractivity contribution in [2.45, 2.75) is 25.5 Å². The lowest BCUT2D eigenvalue weighted by Crippen LogP contribution is -2.27. The van der Waals surface area contributed by atoms with Crippen LogP contribution in [0.15, 0.2) is 18.2 Å². The summed E-state index contributed by atoms with van der Waals surface area (Å²) in [5.41, 5.74) is 1.01. The van der Waals surface area contributed by atoms with Gasteiger partial charge in [0.15, 0.2) is 0 Å². The Morgan fingerprint density at radius 2 is 2.19 bits per heavy atom. The van der Waals surface area contributed by atoms with E-state index in [1.165, 1.54) is 0 Å². The molecule has 2 rings (SSSR count). The largest absolute Gasteiger partial charge is 0.372 e. The van der Waals surface area contributed by atoms with Gasteiger partial charge in [0, 0.05) is 34.8 Å². The number of rotatable bonds is 1. The number of halogens is 2. The van der Waals surface area contributed by atoms with Crippen LogP contribution in [0.4, 0.5) is 0 Å². The molecule has 0 amide bonds. The van der Waals surface area contributed by atoms with E-state index in [1.807, 2.05) is 12.1 Å². The number of nitrogens with one attached hydrogen (secondary N) is 1. The third-order valence-electron chi connectivity index (χ3n) is 2.83. The zero-order valence-electron chi connectivity index (χ0n) is 9.17. The fraction of sp³-hybridized carbons (Fsp3) is 0.500. The Balaban J connectivity index is 2.16. The molecule has 0 spiro atoms. The second-order valence-corrected chi connectivity index (χ2v) is 4.97. The lowest BCUT2D eigenvalue weighted by molar-refractivity contribution is 0.0665. The maximum absolute atomic E-state index is 6.16. The molecule has 0 bridgehead atoms. The fourth-order valence-corrected chi connectivity index (χ4v) is 2.35. The molecule has 1 aromatic carbocycles. The van der Waals surface area contributed by atoms with E-state index >= 15 is 0 Å². The molecule has 1 aromatic rings. The van der Waals surface area contributed by atoms with Gasteiger partial charge in [-0.1, -0.05) is 29.3 Å². The molecule has 0 aliphatic carbocycles. The number of hydrogen-bond donors (Lipinski definition) is 1. The van der Waals surface area contributed by atoms with Gasteiger partial charge in [-0.2, -0.15) is 0 Å². The standard InChI is InChI=1S/C12H15Cl2NO/c1-8-4-5-16-12(7-15-8)10-3-2-9(13)6-11(10)14/h2-3,6,8,12,15H,4-5,7H2,1H3. The molecule has 1 N–H and O–H groups in total. The molecular formula is C12H15Cl2NO. The highest BCUT2D eigenvalue weighted by Gasteiger charge is 2.19. The van der Waals surface area contributed by atoms with Crippen LogP contribution in [0, 0.1) is 0 Å². The Morgan fingerprint density at radius 3 is 2.94 bits per heavy atom. The fourth-order valence-electron chi connectivity index (χ4n) is 1.82. The summed E-state index contributed by atoms with van der Waals surface area (Å²) in [6, 6.07) is 6.04. The highest BCUT2D eigenvalue weighted by molar-refractivity contribution is 6.35. The van der Waals surface area contributed by atoms with Crippen molar-refractivity contribution in [3.8, 4) is 0 Å². The monoisotopic (exact) mass is 259 g/mol. The second kappa shape index (κ2) is 5.37. The van der Waals surface area contributed by atoms with Gasteiger partial charge in [-0.3, -0.25) is 0 Å². The Labute approximate surface area is 106 Å². The first-order valence-corrected chi connectivity index (χ1v) is 6.22. The van der Waals surface area contributed by atoms with Crippen molar-refractivity contribution in [1.29, 1.82) is 0 Å². The van der Waals surface area contributed by atoms with Crippen LogP contribution in [0.1, 0.15) is 25.0 Å². The highest BCUT2D eigenvalue weighted by atomic mass is 35.5. The summed E-state index contributed by atoms with van der Waals surface area (Å²) in [6.07, 6.45) is 1.05. The van der Waals surface area contributed by atoms with E-state index in [1.54, 1.807) is 6.07 Å². The first kappa shape index (κ1) is 12.2. The molecule has 1 saturated heterocycles. The average molecular weight is 260 g/mol. The summed E-state index contributed by atoms with van der Waals surface area (Å²) in [6.45, 7) is 3.72. The molecule has 88 valence electrons. The predicted molar refractivity (Wildman–Crippen MR) is 67.2 cm³/mol. The molecule has 0 aromatic heterocycles. The molecular weight excluding hydrogens is 245 g/mol. The van der Waals surface area contributed by atoms with Gasteiger partial charge in [0.05, 0.1) is 6.10 Å². The quantitative estimate of drug-likeness (QED) is 0.835. The maximum atomic E-state index is 6.16. The van der Waals surface area contributed by atoms with Crippen molar-refractivity contribution in [2.24, 2.45) is 0 Å². The summed E-state index contributed by atoms with van der Waals surface area (Å²) < 4.78 is 5.79. The minimum Gasteiger partial charge on any atom is -0.372 e. The molecule has 1 fully saturated rings. The van der Waals surface area contributed by atoms with Crippen LogP contribution in [0.2, 0.25) is 10.0 Å². The summed E-state index contributed by atoms with van der Waals surface area (Å²) in [4.78, 5) is 0. The van der Waals surface area contributed by atoms with Crippen molar-refractivity contribution in [3.05, 3.63) is 33.8 Å². The first-order chi connectivity index (χ1) is 7.66. The van der Waals surface area contributed by atoms with Gasteiger partial charge in [-0.15, -0.1) is 0 Å². The molecule has 16 heavy (non-hydrogen) atoms. The zero-order chi connectivity index (χ0) is 11.5. The topological polar surface area (TPSA) is 21.3 Å². The number of benzene rings is 1. The normalized spacial score (nSPS) is 26.4. The summed E-state index contributed by atoms with van der Waals surface area (Å²) in [5.74, 6) is 0. The van der Waals surface area contributed by atoms with Crippen LogP contribution in [0.3, 0.4) is 0 Å². The third kappa shape index (κ3) is 2.89. The van der Waals surface area contributed by atoms with E-state index in [2.05, 4.69) is 12.2 Å². The van der Waals surface area contributed by atoms with E-state index in [0.717, 1.165) is 25.1 Å². The lowest BCUT2D eigenvalue weighted by atomic mass is 10.1. The van der Waals surface area contributed by atoms with Crippen molar-refractivity contribution in [1.82, 2.24) is 5.32 Å². The van der Waals surface area contributed by atoms with E-state index < -0.39 is 0 Å². The molecule has 2 atom stereocenters. The molecule has 1 aliphatic heterocycles. The van der Waals surface area contributed by atoms with E-state index in [9.17, 15) is 0 Å². The summed E-state index contributed by atoms with van der Waals surface area (Å²) in [5, 5.41) is 4.75. The molecule has 4 heteroatoms. The van der Waals surface area contributed by atoms with Gasteiger partial charge in [0.2, 0.25) is 0 Å². The number of ether oxygens (including phenoxy) is 1. The smallest absolute Gasteiger partial charge is 0.0963 e. The number of hydrogen-bond acceptors (Lipinski definition) is 2. The molecule has 0 saturated carbocycles. The van der Waals surface area contributed by atoms with Crippen LogP contribution in [0.5, 0.6) is 0 Å². The van der Waals surface area contributed by atoms with Gasteiger partial charge < -0.3 is 10.1 Å². The molecule has 2 nitrogen and oxygen atoms in total. The maximum Gasteiger partial charge on any atom is 0.0963 e. The van der Waals surface area contributed by atoms with Gasteiger partial charge in [0.25, 0.3) is 0 Å². The third-order valence-corrected chi connectivity index (χ3v) is 3.39. The Morgan fingerprint density at radius 1 is 1.38 bits per heavy atom. The van der Waals surface area contributed by atoms with E-state index in [0.29, 0.717) is 16.1 Å². The molecule has 1 heterocycles. The van der Waals surface area contributed by atoms with Crippen molar-refractivity contribution >= 4 is 23.2 Å². The Hall–Kier alpha value is -0.280. The van der Waals surface area contributed by atoms with Crippen LogP contribution in [-0.2, 0) is 4.74 Å². The predicted octanol–water partition coefficient (Wildman–Crippen LogP) is 3.43. The Bertz CT molecular complexity index is 370. The minimum atomic E-state index is 0.0229. The Kier molecular flexibility index (Phi) is 4.09. The van der Waals surface area contributed by atoms with Gasteiger partial charge in [-0.25, -0.2) is 0 Å². The molecule has 1 aliphatic rings. The van der Waals surface area contributed by atoms with Crippen molar-refractivity contribution < 1.29 is 4.74 Å². The SMILES string of the molecule is CC1CCOC(c2ccc(Cl)cc2Cl)CN1. The van der Waals surface area contributed by atoms with Crippen LogP contribution >= 0.6 is 23.2 Å². The van der Waals surface area contributed by atoms with E-state index in [4.69, 9.17) is 27.9 Å². The van der Waals surface area contributed by atoms with Crippen molar-refractivity contribution in [2.75, 3.05) is 13.2 Å². The highest BCUT2D eigenvalue weighted by Crippen LogP contribution is 2.29. The molecule has 2 unspecified atom stereocenters. The van der Waals surface area contributed by atoms with Crippen LogP contribution in [0.25, 0.3) is 0 Å². The lowest BCUT2D eigenvalue weighted by Gasteiger charge is -2.17. The zero-order valence-corrected chi connectivity index (χ0v) is 10.7. The van der Waals surface area contributed by atoms with E-state index in [-0.39, 0.29) is 6.10 Å². The first-order valence-electron chi connectivity index (χ1n) is 5.47. The van der Waals surface area contributed by atoms with Crippen LogP contribution in [-0.4, -0.2) is 19.2 Å². The van der Waals surface area contributed by atoms with Crippen molar-refractivity contribution in [3.63, 3.8) is 0 Å². The average Bonchev–Trinajstić information content (AvgIpc) is 2.43. The summed E-state index contributed by atoms with van der Waals surface area (Å²) >= 11 is 12.0. The second-order valence-electron chi connectivity index (χ2n) is 4.12. The van der Waals surface area contributed by atoms with Crippen LogP contribution < -0.4 is 5.32 Å². The van der Waals surface area contributed by atoms with Gasteiger partial charge in [-0.05, 0) is 25.5 Å². The molecule has 0 radical (unpaired) electrons. The minimum absolute atomic E-state index is 0.0229. The van der Waals surface area contributed by atoms with Gasteiger partial charge >= 0.3 is 0 Å². The van der Waals surface area contributed by atoms with Gasteiger partial charge in [0.1, 0.15) is 0 Å².